The predicted octanol–water partition coefficient (Wildman–Crippen LogP) is 1.87. The van der Waals surface area contributed by atoms with Crippen LogP contribution in [0.25, 0.3) is 0 Å². The monoisotopic (exact) mass is 295 g/mol. The van der Waals surface area contributed by atoms with Gasteiger partial charge in [-0.2, -0.15) is 0 Å². The Labute approximate surface area is 124 Å². The van der Waals surface area contributed by atoms with Crippen LogP contribution < -0.4 is 0 Å². The SMILES string of the molecule is CN(C(=O)OCc1ccccc1)C(CCCCO)C(=O)O. The third kappa shape index (κ3) is 5.83. The number of aliphatic carboxylic acids is 1. The molecule has 0 fully saturated rings. The van der Waals surface area contributed by atoms with Crippen molar-refractivity contribution in [2.45, 2.75) is 31.9 Å². The summed E-state index contributed by atoms with van der Waals surface area (Å²) in [7, 11) is 1.41. The lowest BCUT2D eigenvalue weighted by molar-refractivity contribution is -0.142. The van der Waals surface area contributed by atoms with Gasteiger partial charge in [-0.3, -0.25) is 4.90 Å². The van der Waals surface area contributed by atoms with Crippen molar-refractivity contribution in [1.82, 2.24) is 4.90 Å². The van der Waals surface area contributed by atoms with E-state index in [1.165, 1.54) is 7.05 Å². The third-order valence-corrected chi connectivity index (χ3v) is 3.13. The van der Waals surface area contributed by atoms with Gasteiger partial charge in [0.05, 0.1) is 0 Å². The van der Waals surface area contributed by atoms with Crippen LogP contribution >= 0.6 is 0 Å². The highest BCUT2D eigenvalue weighted by Gasteiger charge is 2.27. The van der Waals surface area contributed by atoms with Crippen molar-refractivity contribution >= 4 is 12.1 Å². The Morgan fingerprint density at radius 1 is 1.24 bits per heavy atom. The number of amides is 1. The van der Waals surface area contributed by atoms with Crippen molar-refractivity contribution in [2.24, 2.45) is 0 Å². The zero-order chi connectivity index (χ0) is 15.7. The van der Waals surface area contributed by atoms with Crippen LogP contribution in [0.2, 0.25) is 0 Å². The molecular weight excluding hydrogens is 274 g/mol. The molecule has 2 N–H and O–H groups in total. The van der Waals surface area contributed by atoms with Crippen molar-refractivity contribution < 1.29 is 24.5 Å². The normalized spacial score (nSPS) is 11.7. The van der Waals surface area contributed by atoms with Crippen LogP contribution in [0, 0.1) is 0 Å². The van der Waals surface area contributed by atoms with Crippen LogP contribution in [0.1, 0.15) is 24.8 Å². The number of likely N-dealkylation sites (N-methyl/N-ethyl adjacent to an activating group) is 1. The number of benzene rings is 1. The van der Waals surface area contributed by atoms with Gasteiger partial charge in [-0.25, -0.2) is 9.59 Å². The van der Waals surface area contributed by atoms with Gasteiger partial charge in [0.25, 0.3) is 0 Å². The first-order valence-electron chi connectivity index (χ1n) is 6.83. The Bertz CT molecular complexity index is 449. The molecule has 6 nitrogen and oxygen atoms in total. The summed E-state index contributed by atoms with van der Waals surface area (Å²) >= 11 is 0. The minimum atomic E-state index is -1.08. The molecule has 1 atom stereocenters. The number of unbranched alkanes of at least 4 members (excludes halogenated alkanes) is 1. The number of carboxylic acids is 1. The molecule has 0 saturated carbocycles. The molecule has 1 aromatic carbocycles. The summed E-state index contributed by atoms with van der Waals surface area (Å²) in [4.78, 5) is 24.2. The molecule has 0 aliphatic carbocycles. The first-order valence-corrected chi connectivity index (χ1v) is 6.83. The molecule has 0 aliphatic rings. The molecule has 0 heterocycles. The average Bonchev–Trinajstić information content (AvgIpc) is 2.49. The fourth-order valence-electron chi connectivity index (χ4n) is 1.88. The Kier molecular flexibility index (Phi) is 7.25. The molecule has 1 rings (SSSR count). The molecule has 116 valence electrons. The summed E-state index contributed by atoms with van der Waals surface area (Å²) in [5.74, 6) is -1.08. The number of carbonyl (C=O) groups excluding carboxylic acids is 1. The largest absolute Gasteiger partial charge is 0.480 e. The van der Waals surface area contributed by atoms with Gasteiger partial charge in [0.2, 0.25) is 0 Å². The number of carbonyl (C=O) groups is 2. The Balaban J connectivity index is 2.51. The summed E-state index contributed by atoms with van der Waals surface area (Å²) in [6.45, 7) is 0.113. The van der Waals surface area contributed by atoms with Gasteiger partial charge in [-0.1, -0.05) is 30.3 Å². The number of aliphatic hydroxyl groups excluding tert-OH is 1. The van der Waals surface area contributed by atoms with Crippen molar-refractivity contribution in [3.05, 3.63) is 35.9 Å². The molecule has 0 saturated heterocycles. The van der Waals surface area contributed by atoms with Crippen LogP contribution in [0.3, 0.4) is 0 Å². The Morgan fingerprint density at radius 3 is 2.48 bits per heavy atom. The number of nitrogens with zero attached hydrogens (tertiary/aromatic N) is 1. The van der Waals surface area contributed by atoms with E-state index in [1.807, 2.05) is 30.3 Å². The molecule has 21 heavy (non-hydrogen) atoms. The van der Waals surface area contributed by atoms with Crippen LogP contribution in [-0.4, -0.2) is 46.9 Å². The number of rotatable bonds is 8. The Morgan fingerprint density at radius 2 is 1.90 bits per heavy atom. The maximum atomic E-state index is 11.9. The average molecular weight is 295 g/mol. The highest BCUT2D eigenvalue weighted by atomic mass is 16.6. The summed E-state index contributed by atoms with van der Waals surface area (Å²) in [5.41, 5.74) is 0.839. The van der Waals surface area contributed by atoms with E-state index < -0.39 is 18.1 Å². The highest BCUT2D eigenvalue weighted by molar-refractivity contribution is 5.79. The van der Waals surface area contributed by atoms with Crippen molar-refractivity contribution in [3.63, 3.8) is 0 Å². The van der Waals surface area contributed by atoms with E-state index in [0.29, 0.717) is 12.8 Å². The van der Waals surface area contributed by atoms with Crippen molar-refractivity contribution in [2.75, 3.05) is 13.7 Å². The molecule has 0 spiro atoms. The van der Waals surface area contributed by atoms with Crippen LogP contribution in [0.5, 0.6) is 0 Å². The quantitative estimate of drug-likeness (QED) is 0.715. The van der Waals surface area contributed by atoms with E-state index in [2.05, 4.69) is 0 Å². The third-order valence-electron chi connectivity index (χ3n) is 3.13. The maximum absolute atomic E-state index is 11.9. The molecule has 6 heteroatoms. The molecule has 0 aliphatic heterocycles. The van der Waals surface area contributed by atoms with Crippen LogP contribution in [-0.2, 0) is 16.1 Å². The molecular formula is C15H21NO5. The highest BCUT2D eigenvalue weighted by Crippen LogP contribution is 2.10. The summed E-state index contributed by atoms with van der Waals surface area (Å²) in [5, 5.41) is 17.9. The van der Waals surface area contributed by atoms with Gasteiger partial charge in [-0.05, 0) is 24.8 Å². The predicted molar refractivity (Wildman–Crippen MR) is 76.8 cm³/mol. The lowest BCUT2D eigenvalue weighted by atomic mass is 10.1. The first kappa shape index (κ1) is 17.0. The van der Waals surface area contributed by atoms with Crippen LogP contribution in [0.15, 0.2) is 30.3 Å². The first-order chi connectivity index (χ1) is 10.1. The number of aliphatic hydroxyl groups is 1. The van der Waals surface area contributed by atoms with E-state index >= 15 is 0 Å². The van der Waals surface area contributed by atoms with Gasteiger partial charge in [0.15, 0.2) is 0 Å². The fourth-order valence-corrected chi connectivity index (χ4v) is 1.88. The Hall–Kier alpha value is -2.08. The van der Waals surface area contributed by atoms with Crippen molar-refractivity contribution in [3.8, 4) is 0 Å². The molecule has 1 unspecified atom stereocenters. The number of carboxylic acid groups (broad SMARTS) is 1. The summed E-state index contributed by atoms with van der Waals surface area (Å²) in [6, 6.07) is 8.23. The van der Waals surface area contributed by atoms with E-state index in [9.17, 15) is 9.59 Å². The minimum Gasteiger partial charge on any atom is -0.480 e. The molecule has 0 bridgehead atoms. The second-order valence-corrected chi connectivity index (χ2v) is 4.72. The number of hydrogen-bond donors (Lipinski definition) is 2. The topological polar surface area (TPSA) is 87.1 Å². The van der Waals surface area contributed by atoms with E-state index in [0.717, 1.165) is 10.5 Å². The zero-order valence-corrected chi connectivity index (χ0v) is 12.1. The zero-order valence-electron chi connectivity index (χ0n) is 12.1. The van der Waals surface area contributed by atoms with E-state index in [-0.39, 0.29) is 19.6 Å². The van der Waals surface area contributed by atoms with E-state index in [1.54, 1.807) is 0 Å². The van der Waals surface area contributed by atoms with Crippen LogP contribution in [0.4, 0.5) is 4.79 Å². The molecule has 1 aromatic rings. The molecule has 1 amide bonds. The summed E-state index contributed by atoms with van der Waals surface area (Å²) < 4.78 is 5.10. The number of hydrogen-bond acceptors (Lipinski definition) is 4. The summed E-state index contributed by atoms with van der Waals surface area (Å²) in [6.07, 6.45) is 0.656. The van der Waals surface area contributed by atoms with Gasteiger partial charge >= 0.3 is 12.1 Å². The molecule has 0 aromatic heterocycles. The maximum Gasteiger partial charge on any atom is 0.410 e. The second-order valence-electron chi connectivity index (χ2n) is 4.72. The lowest BCUT2D eigenvalue weighted by Crippen LogP contribution is -2.42. The van der Waals surface area contributed by atoms with E-state index in [4.69, 9.17) is 14.9 Å². The molecule has 0 radical (unpaired) electrons. The second kappa shape index (κ2) is 8.97. The van der Waals surface area contributed by atoms with Gasteiger partial charge in [-0.15, -0.1) is 0 Å². The van der Waals surface area contributed by atoms with Gasteiger partial charge in [0.1, 0.15) is 12.6 Å². The van der Waals surface area contributed by atoms with Crippen molar-refractivity contribution in [1.29, 1.82) is 0 Å². The number of ether oxygens (including phenoxy) is 1. The lowest BCUT2D eigenvalue weighted by Gasteiger charge is -2.24. The fraction of sp³-hybridized carbons (Fsp3) is 0.467. The smallest absolute Gasteiger partial charge is 0.410 e. The minimum absolute atomic E-state index is 0.00844. The van der Waals surface area contributed by atoms with Gasteiger partial charge in [0, 0.05) is 13.7 Å². The van der Waals surface area contributed by atoms with Gasteiger partial charge < -0.3 is 14.9 Å². The standard InChI is InChI=1S/C15H21NO5/c1-16(13(14(18)19)9-5-6-10-17)15(20)21-11-12-7-3-2-4-8-12/h2-4,7-8,13,17H,5-6,9-11H2,1H3,(H,18,19).